The quantitative estimate of drug-likeness (QED) is 0.0162. The number of hydrogen-bond acceptors (Lipinski definition) is 17. The largest absolute Gasteiger partial charge is 0.530 e. The maximum absolute atomic E-state index is 13.4. The van der Waals surface area contributed by atoms with Crippen LogP contribution >= 0.6 is 15.6 Å². The lowest BCUT2D eigenvalue weighted by atomic mass is 10.1. The monoisotopic (exact) mass is 1170 g/mol. The third kappa shape index (κ3) is 28.4. The predicted molar refractivity (Wildman–Crippen MR) is 308 cm³/mol. The number of nitrogens with one attached hydrogen (secondary N) is 2. The Hall–Kier alpha value is -6.14. The van der Waals surface area contributed by atoms with Crippen LogP contribution in [0.15, 0.2) is 97.1 Å². The van der Waals surface area contributed by atoms with Crippen molar-refractivity contribution in [1.29, 1.82) is 0 Å². The minimum atomic E-state index is -3.92. The number of benzene rings is 4. The van der Waals surface area contributed by atoms with Crippen molar-refractivity contribution in [2.45, 2.75) is 157 Å². The molecule has 0 saturated carbocycles. The zero-order valence-corrected chi connectivity index (χ0v) is 50.0. The minimum Gasteiger partial charge on any atom is -0.490 e. The number of esters is 1. The Labute approximate surface area is 478 Å². The number of rotatable bonds is 40. The highest BCUT2D eigenvalue weighted by atomic mass is 31.2. The molecule has 0 aliphatic heterocycles. The number of carboxylic acids is 1. The molecule has 0 fully saturated rings. The van der Waals surface area contributed by atoms with E-state index in [4.69, 9.17) is 50.8 Å². The first-order valence-electron chi connectivity index (χ1n) is 28.1. The fourth-order valence-electron chi connectivity index (χ4n) is 6.91. The van der Waals surface area contributed by atoms with Crippen LogP contribution in [-0.4, -0.2) is 88.1 Å². The van der Waals surface area contributed by atoms with E-state index in [1.165, 1.54) is 7.11 Å². The van der Waals surface area contributed by atoms with Crippen LogP contribution in [0.5, 0.6) is 23.0 Å². The Bertz CT molecular complexity index is 2490. The van der Waals surface area contributed by atoms with Gasteiger partial charge < -0.3 is 48.5 Å². The van der Waals surface area contributed by atoms with Gasteiger partial charge in [0.05, 0.1) is 46.8 Å². The smallest absolute Gasteiger partial charge is 0.490 e. The Balaban J connectivity index is 0.000000425. The Kier molecular flexibility index (Phi) is 34.2. The van der Waals surface area contributed by atoms with Gasteiger partial charge in [-0.3, -0.25) is 18.1 Å². The van der Waals surface area contributed by atoms with Crippen LogP contribution in [-0.2, 0) is 77.1 Å². The van der Waals surface area contributed by atoms with E-state index in [0.717, 1.165) is 62.5 Å². The molecule has 0 unspecified atom stereocenters. The summed E-state index contributed by atoms with van der Waals surface area (Å²) in [6.07, 6.45) is 8.07. The van der Waals surface area contributed by atoms with Gasteiger partial charge in [-0.2, -0.15) is 0 Å². The van der Waals surface area contributed by atoms with Crippen molar-refractivity contribution in [2.24, 2.45) is 0 Å². The molecule has 0 radical (unpaired) electrons. The molecule has 0 heterocycles. The Morgan fingerprint density at radius 2 is 0.802 bits per heavy atom. The number of phosphoric ester groups is 2. The highest BCUT2D eigenvalue weighted by Gasteiger charge is 2.32. The number of ether oxygens (including phenoxy) is 5. The van der Waals surface area contributed by atoms with Crippen LogP contribution in [0, 0.1) is 0 Å². The van der Waals surface area contributed by atoms with Crippen molar-refractivity contribution in [1.82, 2.24) is 10.6 Å². The van der Waals surface area contributed by atoms with Gasteiger partial charge in [-0.25, -0.2) is 28.3 Å². The highest BCUT2D eigenvalue weighted by molar-refractivity contribution is 7.49. The average Bonchev–Trinajstić information content (AvgIpc) is 3.50. The predicted octanol–water partition coefficient (Wildman–Crippen LogP) is 13.9. The summed E-state index contributed by atoms with van der Waals surface area (Å²) in [4.78, 5) is 49.2. The van der Waals surface area contributed by atoms with Gasteiger partial charge >= 0.3 is 39.8 Å². The van der Waals surface area contributed by atoms with Gasteiger partial charge in [-0.1, -0.05) is 153 Å². The van der Waals surface area contributed by atoms with Gasteiger partial charge in [-0.15, -0.1) is 0 Å². The molecule has 0 aromatic heterocycles. The normalized spacial score (nSPS) is 11.9. The van der Waals surface area contributed by atoms with Crippen molar-refractivity contribution >= 4 is 39.8 Å². The number of carboxylic acid groups (broad SMARTS) is 1. The van der Waals surface area contributed by atoms with Crippen molar-refractivity contribution in [3.8, 4) is 23.0 Å². The van der Waals surface area contributed by atoms with Crippen molar-refractivity contribution in [2.75, 3.05) is 46.8 Å². The molecule has 22 heteroatoms. The van der Waals surface area contributed by atoms with Crippen molar-refractivity contribution < 1.29 is 84.2 Å². The van der Waals surface area contributed by atoms with Gasteiger partial charge in [0.1, 0.15) is 25.3 Å². The number of methoxy groups -OCH3 is 1. The summed E-state index contributed by atoms with van der Waals surface area (Å²) in [6.45, 7) is 13.8. The molecule has 2 atom stereocenters. The second-order valence-electron chi connectivity index (χ2n) is 18.6. The maximum atomic E-state index is 13.4. The summed E-state index contributed by atoms with van der Waals surface area (Å²) in [7, 11) is -6.59. The van der Waals surface area contributed by atoms with E-state index < -0.39 is 51.9 Å². The molecule has 450 valence electrons. The lowest BCUT2D eigenvalue weighted by Gasteiger charge is -2.21. The molecule has 0 aliphatic carbocycles. The van der Waals surface area contributed by atoms with Crippen LogP contribution in [0.4, 0.5) is 9.59 Å². The molecule has 4 aromatic carbocycles. The van der Waals surface area contributed by atoms with Crippen LogP contribution in [0.3, 0.4) is 0 Å². The number of aliphatic carboxylic acids is 1. The lowest BCUT2D eigenvalue weighted by Crippen LogP contribution is -2.43. The molecule has 0 spiro atoms. The number of unbranched alkanes of at least 4 members (excludes halogenated alkanes) is 6. The Morgan fingerprint density at radius 3 is 1.15 bits per heavy atom. The third-order valence-corrected chi connectivity index (χ3v) is 14.4. The van der Waals surface area contributed by atoms with Crippen LogP contribution in [0.25, 0.3) is 0 Å². The summed E-state index contributed by atoms with van der Waals surface area (Å²) < 4.78 is 87.9. The van der Waals surface area contributed by atoms with Gasteiger partial charge in [0.15, 0.2) is 23.0 Å². The highest BCUT2D eigenvalue weighted by Crippen LogP contribution is 2.53. The average molecular weight is 1170 g/mol. The standard InChI is InChI=1S/C30H44NO9P.C29H42NO9P/c1-5-8-18-36-28-22-25(16-17-27(28)40-41(34,38-19-9-6-2)39-20-10-7-3)21-26(29(32)35-4)31-30(33)37-23-24-14-12-11-13-15-24;1-4-7-17-35-27-21-24(15-16-26(27)39-40(34,37-18-8-5-2)38-19-9-6-3)20-25(28(31)32)30-29(33)36-22-23-13-11-10-12-14-23/h11-17,22,26H,5-10,18-21,23H2,1-4H3,(H,31,33);10-16,21,25H,4-9,17-20,22H2,1-3H3,(H,30,33)(H,31,32)/t26-;25-/m00/s1. The van der Waals surface area contributed by atoms with Crippen molar-refractivity contribution in [3.63, 3.8) is 0 Å². The fourth-order valence-corrected chi connectivity index (χ4v) is 9.47. The summed E-state index contributed by atoms with van der Waals surface area (Å²) in [5.41, 5.74) is 2.81. The molecular formula is C59H86N2O18P2. The molecule has 4 aromatic rings. The zero-order valence-electron chi connectivity index (χ0n) is 48.2. The minimum absolute atomic E-state index is 0.0151. The summed E-state index contributed by atoms with van der Waals surface area (Å²) in [5, 5.41) is 14.7. The molecule has 2 amide bonds. The van der Waals surface area contributed by atoms with Crippen molar-refractivity contribution in [3.05, 3.63) is 119 Å². The van der Waals surface area contributed by atoms with E-state index in [2.05, 4.69) is 10.6 Å². The molecule has 0 saturated heterocycles. The number of carbonyl (C=O) groups is 4. The molecule has 4 rings (SSSR count). The van der Waals surface area contributed by atoms with E-state index in [9.17, 15) is 33.4 Å². The van der Waals surface area contributed by atoms with Gasteiger partial charge in [0.2, 0.25) is 0 Å². The van der Waals surface area contributed by atoms with Crippen LogP contribution in [0.1, 0.15) is 141 Å². The first-order chi connectivity index (χ1) is 39.1. The number of alkyl carbamates (subject to hydrolysis) is 2. The van der Waals surface area contributed by atoms with Crippen LogP contribution < -0.4 is 29.2 Å². The van der Waals surface area contributed by atoms with E-state index >= 15 is 0 Å². The topological polar surface area (TPSA) is 248 Å². The SMILES string of the molecule is CCCCOc1cc(C[C@H](NC(=O)OCc2ccccc2)C(=O)O)ccc1OP(=O)(OCCCC)OCCCC.CCCCOc1cc(C[C@H](NC(=O)OCc2ccccc2)C(=O)OC)ccc1OP(=O)(OCCCC)OCCCC. The molecule has 81 heavy (non-hydrogen) atoms. The molecular weight excluding hydrogens is 1090 g/mol. The van der Waals surface area contributed by atoms with E-state index in [0.29, 0.717) is 55.8 Å². The van der Waals surface area contributed by atoms with E-state index in [1.807, 2.05) is 90.1 Å². The summed E-state index contributed by atoms with van der Waals surface area (Å²) >= 11 is 0. The Morgan fingerprint density at radius 1 is 0.457 bits per heavy atom. The summed E-state index contributed by atoms with van der Waals surface area (Å²) in [5.74, 6) is -0.883. The van der Waals surface area contributed by atoms with Gasteiger partial charge in [0.25, 0.3) is 0 Å². The second kappa shape index (κ2) is 40.1. The molecule has 20 nitrogen and oxygen atoms in total. The van der Waals surface area contributed by atoms with Gasteiger partial charge in [-0.05, 0) is 85.0 Å². The first-order valence-corrected chi connectivity index (χ1v) is 31.0. The first kappa shape index (κ1) is 69.1. The summed E-state index contributed by atoms with van der Waals surface area (Å²) in [6, 6.07) is 25.8. The molecule has 0 bridgehead atoms. The number of carbonyl (C=O) groups excluding carboxylic acids is 3. The number of hydrogen-bond donors (Lipinski definition) is 3. The fraction of sp³-hybridized carbons (Fsp3) is 0.525. The second-order valence-corrected chi connectivity index (χ2v) is 21.8. The molecule has 3 N–H and O–H groups in total. The van der Waals surface area contributed by atoms with E-state index in [1.54, 1.807) is 48.5 Å². The third-order valence-electron chi connectivity index (χ3n) is 11.6. The number of phosphoric acid groups is 2. The molecule has 0 aliphatic rings. The zero-order chi connectivity index (χ0) is 59.1. The number of amides is 2. The lowest BCUT2D eigenvalue weighted by molar-refractivity contribution is -0.143. The maximum Gasteiger partial charge on any atom is 0.530 e. The van der Waals surface area contributed by atoms with E-state index in [-0.39, 0.29) is 69.7 Å². The van der Waals surface area contributed by atoms with Gasteiger partial charge in [0, 0.05) is 12.8 Å². The van der Waals surface area contributed by atoms with Crippen LogP contribution in [0.2, 0.25) is 0 Å².